The molecule has 1 aromatic rings. The molecule has 0 spiro atoms. The number of ether oxygens (including phenoxy) is 1. The molecular formula is C16H24N2O2. The molecule has 1 aliphatic carbocycles. The maximum absolute atomic E-state index is 12.4. The number of hydrogen-bond acceptors (Lipinski definition) is 3. The molecule has 0 radical (unpaired) electrons. The van der Waals surface area contributed by atoms with E-state index in [0.717, 1.165) is 30.6 Å². The zero-order valence-corrected chi connectivity index (χ0v) is 12.6. The van der Waals surface area contributed by atoms with Gasteiger partial charge < -0.3 is 15.4 Å². The fraction of sp³-hybridized carbons (Fsp3) is 0.562. The van der Waals surface area contributed by atoms with Gasteiger partial charge >= 0.3 is 0 Å². The van der Waals surface area contributed by atoms with Crippen LogP contribution in [0.3, 0.4) is 0 Å². The molecule has 0 bridgehead atoms. The number of nitrogens with two attached hydrogens (primary N) is 1. The highest BCUT2D eigenvalue weighted by atomic mass is 16.5. The Bertz CT molecular complexity index is 487. The molecule has 2 rings (SSSR count). The number of amides is 1. The van der Waals surface area contributed by atoms with E-state index in [1.807, 2.05) is 26.1 Å². The summed E-state index contributed by atoms with van der Waals surface area (Å²) in [6.45, 7) is 2.62. The Hall–Kier alpha value is -1.55. The van der Waals surface area contributed by atoms with E-state index in [4.69, 9.17) is 10.5 Å². The van der Waals surface area contributed by atoms with Gasteiger partial charge in [-0.25, -0.2) is 0 Å². The largest absolute Gasteiger partial charge is 0.496 e. The Kier molecular flexibility index (Phi) is 4.65. The van der Waals surface area contributed by atoms with Crippen molar-refractivity contribution in [3.05, 3.63) is 29.3 Å². The summed E-state index contributed by atoms with van der Waals surface area (Å²) in [5.74, 6) is 1.12. The molecule has 0 heterocycles. The molecule has 4 nitrogen and oxygen atoms in total. The van der Waals surface area contributed by atoms with Crippen LogP contribution < -0.4 is 10.5 Å². The van der Waals surface area contributed by atoms with Crippen molar-refractivity contribution in [1.29, 1.82) is 0 Å². The first-order valence-electron chi connectivity index (χ1n) is 7.15. The summed E-state index contributed by atoms with van der Waals surface area (Å²) in [6, 6.07) is 6.23. The molecule has 1 fully saturated rings. The molecule has 2 N–H and O–H groups in total. The fourth-order valence-corrected chi connectivity index (χ4v) is 2.92. The van der Waals surface area contributed by atoms with Crippen molar-refractivity contribution in [3.8, 4) is 5.75 Å². The van der Waals surface area contributed by atoms with Crippen molar-refractivity contribution in [2.24, 2.45) is 11.7 Å². The summed E-state index contributed by atoms with van der Waals surface area (Å²) in [4.78, 5) is 14.2. The van der Waals surface area contributed by atoms with E-state index >= 15 is 0 Å². The maximum atomic E-state index is 12.4. The van der Waals surface area contributed by atoms with Gasteiger partial charge in [0.2, 0.25) is 5.91 Å². The number of benzene rings is 1. The minimum Gasteiger partial charge on any atom is -0.496 e. The average Bonchev–Trinajstić information content (AvgIpc) is 2.84. The van der Waals surface area contributed by atoms with Gasteiger partial charge in [0.15, 0.2) is 0 Å². The molecule has 20 heavy (non-hydrogen) atoms. The monoisotopic (exact) mass is 276 g/mol. The van der Waals surface area contributed by atoms with Crippen molar-refractivity contribution < 1.29 is 9.53 Å². The van der Waals surface area contributed by atoms with E-state index in [-0.39, 0.29) is 17.9 Å². The molecule has 4 heteroatoms. The molecule has 0 aromatic heterocycles. The molecule has 1 aliphatic rings. The molecule has 1 aromatic carbocycles. The third kappa shape index (κ3) is 3.31. The fourth-order valence-electron chi connectivity index (χ4n) is 2.92. The molecule has 0 saturated heterocycles. The van der Waals surface area contributed by atoms with Gasteiger partial charge in [-0.2, -0.15) is 0 Å². The second-order valence-corrected chi connectivity index (χ2v) is 5.78. The van der Waals surface area contributed by atoms with Gasteiger partial charge in [0, 0.05) is 31.1 Å². The van der Waals surface area contributed by atoms with Gasteiger partial charge in [0.25, 0.3) is 0 Å². The number of carbonyl (C=O) groups is 1. The third-order valence-corrected chi connectivity index (χ3v) is 4.04. The zero-order chi connectivity index (χ0) is 14.7. The number of hydrogen-bond donors (Lipinski definition) is 1. The maximum Gasteiger partial charge on any atom is 0.225 e. The van der Waals surface area contributed by atoms with Crippen molar-refractivity contribution in [1.82, 2.24) is 4.90 Å². The SMILES string of the molecule is COc1ccc(C)cc1CN(C)C(=O)C1CCC(N)C1. The average molecular weight is 276 g/mol. The molecule has 1 saturated carbocycles. The highest BCUT2D eigenvalue weighted by Crippen LogP contribution is 2.27. The summed E-state index contributed by atoms with van der Waals surface area (Å²) >= 11 is 0. The normalized spacial score (nSPS) is 21.8. The standard InChI is InChI=1S/C16H24N2O2/c1-11-4-7-15(20-3)13(8-11)10-18(2)16(19)12-5-6-14(17)9-12/h4,7-8,12,14H,5-6,9-10,17H2,1-3H3. The van der Waals surface area contributed by atoms with E-state index in [1.54, 1.807) is 12.0 Å². The minimum atomic E-state index is 0.0887. The Morgan fingerprint density at radius 3 is 2.80 bits per heavy atom. The topological polar surface area (TPSA) is 55.6 Å². The van der Waals surface area contributed by atoms with Crippen LogP contribution in [0.15, 0.2) is 18.2 Å². The molecule has 2 unspecified atom stereocenters. The number of aryl methyl sites for hydroxylation is 1. The van der Waals surface area contributed by atoms with Gasteiger partial charge in [-0.1, -0.05) is 17.7 Å². The number of carbonyl (C=O) groups excluding carboxylic acids is 1. The first-order chi connectivity index (χ1) is 9.51. The molecule has 2 atom stereocenters. The second kappa shape index (κ2) is 6.27. The lowest BCUT2D eigenvalue weighted by molar-refractivity contribution is -0.134. The number of nitrogens with zero attached hydrogens (tertiary/aromatic N) is 1. The van der Waals surface area contributed by atoms with Crippen molar-refractivity contribution >= 4 is 5.91 Å². The van der Waals surface area contributed by atoms with Gasteiger partial charge in [0.05, 0.1) is 7.11 Å². The van der Waals surface area contributed by atoms with Crippen LogP contribution in [0.4, 0.5) is 0 Å². The Morgan fingerprint density at radius 2 is 2.20 bits per heavy atom. The lowest BCUT2D eigenvalue weighted by atomic mass is 10.1. The van der Waals surface area contributed by atoms with Crippen molar-refractivity contribution in [2.75, 3.05) is 14.2 Å². The Morgan fingerprint density at radius 1 is 1.45 bits per heavy atom. The van der Waals surface area contributed by atoms with Crippen LogP contribution in [0, 0.1) is 12.8 Å². The first kappa shape index (κ1) is 14.9. The van der Waals surface area contributed by atoms with Crippen LogP contribution in [0.1, 0.15) is 30.4 Å². The van der Waals surface area contributed by atoms with Crippen molar-refractivity contribution in [3.63, 3.8) is 0 Å². The quantitative estimate of drug-likeness (QED) is 0.916. The second-order valence-electron chi connectivity index (χ2n) is 5.78. The Labute approximate surface area is 120 Å². The highest BCUT2D eigenvalue weighted by Gasteiger charge is 2.29. The zero-order valence-electron chi connectivity index (χ0n) is 12.6. The lowest BCUT2D eigenvalue weighted by Gasteiger charge is -2.22. The third-order valence-electron chi connectivity index (χ3n) is 4.04. The van der Waals surface area contributed by atoms with E-state index in [9.17, 15) is 4.79 Å². The summed E-state index contributed by atoms with van der Waals surface area (Å²) in [7, 11) is 3.51. The van der Waals surface area contributed by atoms with Crippen LogP contribution in [-0.2, 0) is 11.3 Å². The van der Waals surface area contributed by atoms with Crippen LogP contribution in [0.25, 0.3) is 0 Å². The van der Waals surface area contributed by atoms with Gasteiger partial charge in [-0.05, 0) is 32.3 Å². The summed E-state index contributed by atoms with van der Waals surface area (Å²) in [5, 5.41) is 0. The molecule has 0 aliphatic heterocycles. The van der Waals surface area contributed by atoms with Crippen molar-refractivity contribution in [2.45, 2.75) is 38.8 Å². The van der Waals surface area contributed by atoms with Gasteiger partial charge in [-0.15, -0.1) is 0 Å². The first-order valence-corrected chi connectivity index (χ1v) is 7.15. The van der Waals surface area contributed by atoms with Gasteiger partial charge in [-0.3, -0.25) is 4.79 Å². The minimum absolute atomic E-state index is 0.0887. The van der Waals surface area contributed by atoms with E-state index in [0.29, 0.717) is 6.54 Å². The summed E-state index contributed by atoms with van der Waals surface area (Å²) in [6.07, 6.45) is 2.68. The summed E-state index contributed by atoms with van der Waals surface area (Å²) in [5.41, 5.74) is 8.11. The molecule has 110 valence electrons. The predicted molar refractivity (Wildman–Crippen MR) is 79.5 cm³/mol. The number of methoxy groups -OCH3 is 1. The lowest BCUT2D eigenvalue weighted by Crippen LogP contribution is -2.32. The van der Waals surface area contributed by atoms with E-state index in [2.05, 4.69) is 6.07 Å². The van der Waals surface area contributed by atoms with Crippen LogP contribution in [0.5, 0.6) is 5.75 Å². The van der Waals surface area contributed by atoms with Gasteiger partial charge in [0.1, 0.15) is 5.75 Å². The van der Waals surface area contributed by atoms with E-state index < -0.39 is 0 Å². The van der Waals surface area contributed by atoms with Crippen LogP contribution >= 0.6 is 0 Å². The smallest absolute Gasteiger partial charge is 0.225 e. The molecular weight excluding hydrogens is 252 g/mol. The number of rotatable bonds is 4. The van der Waals surface area contributed by atoms with E-state index in [1.165, 1.54) is 5.56 Å². The predicted octanol–water partition coefficient (Wildman–Crippen LogP) is 2.09. The van der Waals surface area contributed by atoms with Crippen LogP contribution in [-0.4, -0.2) is 31.0 Å². The Balaban J connectivity index is 2.05. The molecule has 1 amide bonds. The van der Waals surface area contributed by atoms with Crippen LogP contribution in [0.2, 0.25) is 0 Å². The summed E-state index contributed by atoms with van der Waals surface area (Å²) < 4.78 is 5.37. The highest BCUT2D eigenvalue weighted by molar-refractivity contribution is 5.79.